The summed E-state index contributed by atoms with van der Waals surface area (Å²) < 4.78 is 43.5. The van der Waals surface area contributed by atoms with Crippen LogP contribution in [0, 0.1) is 24.2 Å². The van der Waals surface area contributed by atoms with Gasteiger partial charge in [0.05, 0.1) is 5.92 Å². The molecule has 13 heteroatoms. The van der Waals surface area contributed by atoms with Gasteiger partial charge in [-0.1, -0.05) is 85.2 Å². The first-order valence-corrected chi connectivity index (χ1v) is 14.6. The second-order valence-corrected chi connectivity index (χ2v) is 11.5. The predicted octanol–water partition coefficient (Wildman–Crippen LogP) is 6.77. The highest BCUT2D eigenvalue weighted by atomic mass is 35.5. The molecule has 0 bridgehead atoms. The maximum Gasteiger partial charge on any atom is 0.433 e. The number of alkyl halides is 3. The maximum atomic E-state index is 12.7. The number of nitrogens with zero attached hydrogens (tertiary/aromatic N) is 2. The Morgan fingerprint density at radius 3 is 2.28 bits per heavy atom. The lowest BCUT2D eigenvalue weighted by Gasteiger charge is -2.12. The van der Waals surface area contributed by atoms with Gasteiger partial charge in [-0.15, -0.1) is 11.8 Å². The zero-order valence-electron chi connectivity index (χ0n) is 24.9. The zero-order chi connectivity index (χ0) is 32.5. The largest absolute Gasteiger partial charge is 0.461 e. The minimum Gasteiger partial charge on any atom is -0.461 e. The van der Waals surface area contributed by atoms with Gasteiger partial charge in [-0.25, -0.2) is 4.79 Å². The van der Waals surface area contributed by atoms with Crippen LogP contribution >= 0.6 is 23.4 Å². The molecule has 2 aromatic rings. The van der Waals surface area contributed by atoms with Crippen LogP contribution in [0.5, 0.6) is 0 Å². The molecule has 1 saturated carbocycles. The molecule has 2 unspecified atom stereocenters. The van der Waals surface area contributed by atoms with Crippen molar-refractivity contribution in [3.63, 3.8) is 0 Å². The van der Waals surface area contributed by atoms with Gasteiger partial charge in [0.2, 0.25) is 5.04 Å². The van der Waals surface area contributed by atoms with E-state index in [9.17, 15) is 27.6 Å². The first kappa shape index (κ1) is 35.7. The molecule has 1 fully saturated rings. The van der Waals surface area contributed by atoms with Crippen LogP contribution in [0.15, 0.2) is 64.8 Å². The highest BCUT2D eigenvalue weighted by molar-refractivity contribution is 8.15. The number of hydrogen-bond donors (Lipinski definition) is 1. The average Bonchev–Trinajstić information content (AvgIpc) is 3.51. The Morgan fingerprint density at radius 2 is 1.74 bits per heavy atom. The normalized spacial score (nSPS) is 17.7. The molecule has 1 aliphatic rings. The molecule has 1 aliphatic carbocycles. The quantitative estimate of drug-likeness (QED) is 0.123. The number of thioether (sulfide) groups is 1. The van der Waals surface area contributed by atoms with E-state index in [0.717, 1.165) is 40.1 Å². The van der Waals surface area contributed by atoms with Crippen LogP contribution in [0.1, 0.15) is 25.0 Å². The Bertz CT molecular complexity index is 1360. The summed E-state index contributed by atoms with van der Waals surface area (Å²) in [5.74, 6) is -2.05. The number of amides is 2. The third-order valence-corrected chi connectivity index (χ3v) is 7.84. The first-order chi connectivity index (χ1) is 20.1. The van der Waals surface area contributed by atoms with Crippen molar-refractivity contribution in [3.05, 3.63) is 70.8 Å². The molecule has 1 N–H and O–H groups in total. The van der Waals surface area contributed by atoms with Crippen molar-refractivity contribution in [2.45, 2.75) is 33.6 Å². The van der Waals surface area contributed by atoms with Gasteiger partial charge in [-0.3, -0.25) is 14.4 Å². The van der Waals surface area contributed by atoms with Crippen LogP contribution in [-0.2, 0) is 25.8 Å². The number of esters is 1. The van der Waals surface area contributed by atoms with Crippen LogP contribution in [-0.4, -0.2) is 61.5 Å². The second kappa shape index (κ2) is 15.3. The molecule has 0 aromatic heterocycles. The van der Waals surface area contributed by atoms with Gasteiger partial charge < -0.3 is 15.0 Å². The molecular weight excluding hydrogens is 607 g/mol. The second-order valence-electron chi connectivity index (χ2n) is 10.3. The molecule has 0 spiro atoms. The summed E-state index contributed by atoms with van der Waals surface area (Å²) in [6.07, 6.45) is -2.71. The summed E-state index contributed by atoms with van der Waals surface area (Å²) in [5.41, 5.74) is 3.34. The lowest BCUT2D eigenvalue weighted by molar-refractivity contribution is -0.147. The van der Waals surface area contributed by atoms with Crippen LogP contribution in [0.25, 0.3) is 11.1 Å². The Hall–Kier alpha value is -3.51. The van der Waals surface area contributed by atoms with E-state index >= 15 is 0 Å². The van der Waals surface area contributed by atoms with Gasteiger partial charge in [0.15, 0.2) is 0 Å². The van der Waals surface area contributed by atoms with Gasteiger partial charge >= 0.3 is 18.2 Å². The minimum absolute atomic E-state index is 0.0708. The van der Waals surface area contributed by atoms with Crippen molar-refractivity contribution in [2.75, 3.05) is 27.4 Å². The topological polar surface area (TPSA) is 97.3 Å². The van der Waals surface area contributed by atoms with Gasteiger partial charge in [0.25, 0.3) is 5.91 Å². The van der Waals surface area contributed by atoms with Crippen molar-refractivity contribution in [3.8, 4) is 11.1 Å². The number of ether oxygens (including phenoxy) is 1. The number of carbonyl (C=O) groups excluding carboxylic acids is 3. The van der Waals surface area contributed by atoms with Crippen molar-refractivity contribution >= 4 is 46.4 Å². The summed E-state index contributed by atoms with van der Waals surface area (Å²) >= 11 is 6.46. The Labute approximate surface area is 258 Å². The fourth-order valence-corrected chi connectivity index (χ4v) is 4.79. The molecule has 3 rings (SSSR count). The molecule has 43 heavy (non-hydrogen) atoms. The summed E-state index contributed by atoms with van der Waals surface area (Å²) in [6.45, 7) is 5.51. The molecule has 0 aliphatic heterocycles. The van der Waals surface area contributed by atoms with Crippen molar-refractivity contribution in [1.29, 1.82) is 0 Å². The molecule has 234 valence electrons. The zero-order valence-corrected chi connectivity index (χ0v) is 26.5. The van der Waals surface area contributed by atoms with E-state index in [2.05, 4.69) is 15.3 Å². The van der Waals surface area contributed by atoms with Crippen LogP contribution in [0.3, 0.4) is 0 Å². The Morgan fingerprint density at radius 1 is 1.12 bits per heavy atom. The fourth-order valence-electron chi connectivity index (χ4n) is 4.18. The summed E-state index contributed by atoms with van der Waals surface area (Å²) in [5, 5.41) is 4.55. The molecule has 0 radical (unpaired) electrons. The predicted molar refractivity (Wildman–Crippen MR) is 162 cm³/mol. The average molecular weight is 642 g/mol. The van der Waals surface area contributed by atoms with E-state index in [0.29, 0.717) is 0 Å². The monoisotopic (exact) mass is 641 g/mol. The number of oxime groups is 1. The number of halogens is 4. The number of hydrogen-bond acceptors (Lipinski definition) is 7. The van der Waals surface area contributed by atoms with Gasteiger partial charge in [0, 0.05) is 21.1 Å². The van der Waals surface area contributed by atoms with Crippen molar-refractivity contribution in [1.82, 2.24) is 10.2 Å². The van der Waals surface area contributed by atoms with E-state index in [1.807, 2.05) is 55.5 Å². The fraction of sp³-hybridized carbons (Fsp3) is 0.400. The van der Waals surface area contributed by atoms with E-state index in [1.54, 1.807) is 34.2 Å². The van der Waals surface area contributed by atoms with Crippen LogP contribution in [0.2, 0.25) is 0 Å². The van der Waals surface area contributed by atoms with Gasteiger partial charge in [-0.2, -0.15) is 13.2 Å². The van der Waals surface area contributed by atoms with E-state index in [1.165, 1.54) is 11.9 Å². The number of nitrogens with one attached hydrogen (secondary N) is 1. The number of carbonyl (C=O) groups is 3. The highest BCUT2D eigenvalue weighted by Gasteiger charge is 2.62. The molecule has 8 nitrogen and oxygen atoms in total. The van der Waals surface area contributed by atoms with Gasteiger partial charge in [0.1, 0.15) is 11.6 Å². The molecular formula is C30H35ClF3N3O5S. The molecule has 2 amide bonds. The van der Waals surface area contributed by atoms with Crippen LogP contribution < -0.4 is 5.32 Å². The third kappa shape index (κ3) is 9.75. The third-order valence-electron chi connectivity index (χ3n) is 6.86. The first-order valence-electron chi connectivity index (χ1n) is 13.0. The van der Waals surface area contributed by atoms with E-state index in [-0.39, 0.29) is 17.6 Å². The molecule has 0 saturated heterocycles. The van der Waals surface area contributed by atoms with Crippen molar-refractivity contribution in [2.24, 2.45) is 22.4 Å². The molecule has 2 aromatic carbocycles. The smallest absolute Gasteiger partial charge is 0.433 e. The molecule has 0 heterocycles. The van der Waals surface area contributed by atoms with E-state index < -0.39 is 40.5 Å². The van der Waals surface area contributed by atoms with E-state index in [4.69, 9.17) is 16.3 Å². The Kier molecular flexibility index (Phi) is 12.7. The summed E-state index contributed by atoms with van der Waals surface area (Å²) in [7, 11) is 4.59. The number of benzene rings is 2. The number of rotatable bonds is 6. The lowest BCUT2D eigenvalue weighted by atomic mass is 9.97. The standard InChI is InChI=1S/C23H22ClF3O2.C7H13N3O3S/c1-14-16(10-7-11-17(14)15-8-5-4-6-9-15)13-29-21(28)20-18(22(20,2)3)12-19(24)23(25,26)27;1-8-7(12)13-9-5(14-4)6(11)10(2)3/h4-12,18,20H,13H2,1-3H3;1-4H3,(H,8,12)/b19-12-;. The number of allylic oxidation sites excluding steroid dienone is 2. The lowest BCUT2D eigenvalue weighted by Crippen LogP contribution is -2.28. The Balaban J connectivity index is 0.000000391. The summed E-state index contributed by atoms with van der Waals surface area (Å²) in [6, 6.07) is 15.6. The maximum absolute atomic E-state index is 12.7. The summed E-state index contributed by atoms with van der Waals surface area (Å²) in [4.78, 5) is 40.2. The van der Waals surface area contributed by atoms with Gasteiger partial charge in [-0.05, 0) is 46.8 Å². The van der Waals surface area contributed by atoms with Crippen molar-refractivity contribution < 1.29 is 37.1 Å². The molecule has 2 atom stereocenters. The highest BCUT2D eigenvalue weighted by Crippen LogP contribution is 2.60. The SMILES string of the molecule is CNC(=O)ON=C(SC)C(=O)N(C)C.Cc1c(COC(=O)C2C(/C=C(\Cl)C(F)(F)F)C2(C)C)cccc1-c1ccccc1. The van der Waals surface area contributed by atoms with Crippen LogP contribution in [0.4, 0.5) is 18.0 Å². The minimum atomic E-state index is -4.61.